The Kier molecular flexibility index (Phi) is 4.04. The van der Waals surface area contributed by atoms with Crippen LogP contribution in [-0.4, -0.2) is 31.6 Å². The van der Waals surface area contributed by atoms with Gasteiger partial charge in [-0.1, -0.05) is 52.3 Å². The molecule has 0 unspecified atom stereocenters. The zero-order valence-electron chi connectivity index (χ0n) is 10.0. The molecule has 0 heterocycles. The lowest BCUT2D eigenvalue weighted by atomic mass is 10.1. The van der Waals surface area contributed by atoms with Crippen LogP contribution in [-0.2, 0) is 10.0 Å². The molecular weight excluding hydrogens is 314 g/mol. The first-order chi connectivity index (χ1) is 8.57. The molecule has 0 bridgehead atoms. The van der Waals surface area contributed by atoms with Gasteiger partial charge in [-0.3, -0.25) is 0 Å². The lowest BCUT2D eigenvalue weighted by Crippen LogP contribution is -2.28. The van der Waals surface area contributed by atoms with Crippen LogP contribution in [0, 0.1) is 0 Å². The van der Waals surface area contributed by atoms with Crippen LogP contribution in [0.15, 0.2) is 47.4 Å². The van der Waals surface area contributed by atoms with Crippen molar-refractivity contribution in [3.63, 3.8) is 0 Å². The summed E-state index contributed by atoms with van der Waals surface area (Å²) in [6.07, 6.45) is 0. The lowest BCUT2D eigenvalue weighted by Gasteiger charge is -2.17. The summed E-state index contributed by atoms with van der Waals surface area (Å²) in [4.78, 5) is 0.365. The molecule has 18 heavy (non-hydrogen) atoms. The van der Waals surface area contributed by atoms with E-state index in [1.807, 2.05) is 30.3 Å². The summed E-state index contributed by atoms with van der Waals surface area (Å²) in [5, 5.41) is 2.32. The molecule has 0 amide bonds. The van der Waals surface area contributed by atoms with Gasteiger partial charge >= 0.3 is 0 Å². The Bertz CT molecular complexity index is 650. The Labute approximate surface area is 116 Å². The quantitative estimate of drug-likeness (QED) is 0.810. The molecular formula is C13H14BrNO2S. The maximum Gasteiger partial charge on any atom is 0.243 e. The molecule has 0 atom stereocenters. The standard InChI is InChI=1S/C13H14BrNO2S/c1-15(10-9-14)18(16,17)13-8-4-6-11-5-2-3-7-12(11)13/h2-8H,9-10H2,1H3. The highest BCUT2D eigenvalue weighted by Crippen LogP contribution is 2.24. The van der Waals surface area contributed by atoms with Gasteiger partial charge in [-0.25, -0.2) is 12.7 Å². The van der Waals surface area contributed by atoms with Gasteiger partial charge in [0, 0.05) is 24.3 Å². The van der Waals surface area contributed by atoms with E-state index in [9.17, 15) is 8.42 Å². The van der Waals surface area contributed by atoms with Crippen molar-refractivity contribution in [3.05, 3.63) is 42.5 Å². The summed E-state index contributed by atoms with van der Waals surface area (Å²) >= 11 is 3.26. The van der Waals surface area contributed by atoms with Crippen LogP contribution < -0.4 is 0 Å². The van der Waals surface area contributed by atoms with Crippen molar-refractivity contribution in [3.8, 4) is 0 Å². The van der Waals surface area contributed by atoms with E-state index in [0.717, 1.165) is 10.8 Å². The monoisotopic (exact) mass is 327 g/mol. The number of nitrogens with zero attached hydrogens (tertiary/aromatic N) is 1. The zero-order chi connectivity index (χ0) is 13.2. The number of fused-ring (bicyclic) bond motifs is 1. The fraction of sp³-hybridized carbons (Fsp3) is 0.231. The van der Waals surface area contributed by atoms with Crippen molar-refractivity contribution in [2.45, 2.75) is 4.90 Å². The highest BCUT2D eigenvalue weighted by Gasteiger charge is 2.21. The Morgan fingerprint density at radius 3 is 2.50 bits per heavy atom. The Balaban J connectivity index is 2.61. The van der Waals surface area contributed by atoms with Crippen LogP contribution in [0.25, 0.3) is 10.8 Å². The van der Waals surface area contributed by atoms with Gasteiger partial charge in [-0.05, 0) is 11.5 Å². The smallest absolute Gasteiger partial charge is 0.207 e. The van der Waals surface area contributed by atoms with Crippen LogP contribution in [0.1, 0.15) is 0 Å². The highest BCUT2D eigenvalue weighted by atomic mass is 79.9. The van der Waals surface area contributed by atoms with Gasteiger partial charge in [0.25, 0.3) is 0 Å². The average Bonchev–Trinajstić information content (AvgIpc) is 2.38. The highest BCUT2D eigenvalue weighted by molar-refractivity contribution is 9.09. The van der Waals surface area contributed by atoms with E-state index < -0.39 is 10.0 Å². The molecule has 0 aliphatic rings. The van der Waals surface area contributed by atoms with Gasteiger partial charge < -0.3 is 0 Å². The molecule has 2 aromatic rings. The van der Waals surface area contributed by atoms with E-state index in [-0.39, 0.29) is 0 Å². The molecule has 0 fully saturated rings. The molecule has 0 saturated carbocycles. The van der Waals surface area contributed by atoms with Crippen LogP contribution in [0.4, 0.5) is 0 Å². The first-order valence-electron chi connectivity index (χ1n) is 5.57. The molecule has 96 valence electrons. The molecule has 2 aromatic carbocycles. The van der Waals surface area contributed by atoms with E-state index in [4.69, 9.17) is 0 Å². The van der Waals surface area contributed by atoms with Crippen LogP contribution in [0.5, 0.6) is 0 Å². The molecule has 3 nitrogen and oxygen atoms in total. The topological polar surface area (TPSA) is 37.4 Å². The van der Waals surface area contributed by atoms with Gasteiger partial charge in [-0.2, -0.15) is 0 Å². The number of sulfonamides is 1. The van der Waals surface area contributed by atoms with Crippen molar-refractivity contribution in [2.75, 3.05) is 18.9 Å². The van der Waals surface area contributed by atoms with Crippen molar-refractivity contribution in [1.29, 1.82) is 0 Å². The molecule has 0 aromatic heterocycles. The van der Waals surface area contributed by atoms with Crippen LogP contribution in [0.2, 0.25) is 0 Å². The molecule has 0 spiro atoms. The fourth-order valence-electron chi connectivity index (χ4n) is 1.83. The minimum absolute atomic E-state index is 0.365. The normalized spacial score (nSPS) is 12.2. The molecule has 0 aliphatic carbocycles. The largest absolute Gasteiger partial charge is 0.243 e. The third-order valence-corrected chi connectivity index (χ3v) is 5.11. The first kappa shape index (κ1) is 13.5. The van der Waals surface area contributed by atoms with Crippen LogP contribution >= 0.6 is 15.9 Å². The van der Waals surface area contributed by atoms with Gasteiger partial charge in [0.2, 0.25) is 10.0 Å². The number of rotatable bonds is 4. The second-order valence-electron chi connectivity index (χ2n) is 3.99. The van der Waals surface area contributed by atoms with E-state index in [1.54, 1.807) is 19.2 Å². The molecule has 2 rings (SSSR count). The Hall–Kier alpha value is -0.910. The van der Waals surface area contributed by atoms with Crippen molar-refractivity contribution in [2.24, 2.45) is 0 Å². The maximum atomic E-state index is 12.4. The third kappa shape index (κ3) is 2.43. The van der Waals surface area contributed by atoms with Gasteiger partial charge in [-0.15, -0.1) is 0 Å². The van der Waals surface area contributed by atoms with Crippen molar-refractivity contribution < 1.29 is 8.42 Å². The fourth-order valence-corrected chi connectivity index (χ4v) is 3.98. The molecule has 0 N–H and O–H groups in total. The van der Waals surface area contributed by atoms with Gasteiger partial charge in [0.05, 0.1) is 4.90 Å². The second kappa shape index (κ2) is 5.38. The average molecular weight is 328 g/mol. The number of halogens is 1. The Morgan fingerprint density at radius 1 is 1.11 bits per heavy atom. The summed E-state index contributed by atoms with van der Waals surface area (Å²) in [6.45, 7) is 0.450. The summed E-state index contributed by atoms with van der Waals surface area (Å²) < 4.78 is 26.2. The summed E-state index contributed by atoms with van der Waals surface area (Å²) in [5.74, 6) is 0. The summed E-state index contributed by atoms with van der Waals surface area (Å²) in [6, 6.07) is 12.9. The van der Waals surface area contributed by atoms with Gasteiger partial charge in [0.1, 0.15) is 0 Å². The molecule has 0 saturated heterocycles. The third-order valence-electron chi connectivity index (χ3n) is 2.84. The van der Waals surface area contributed by atoms with Crippen LogP contribution in [0.3, 0.4) is 0 Å². The molecule has 0 aliphatic heterocycles. The zero-order valence-corrected chi connectivity index (χ0v) is 12.4. The molecule has 0 radical (unpaired) electrons. The van der Waals surface area contributed by atoms with Gasteiger partial charge in [0.15, 0.2) is 0 Å². The molecule has 5 heteroatoms. The Morgan fingerprint density at radius 2 is 1.78 bits per heavy atom. The predicted molar refractivity (Wildman–Crippen MR) is 77.6 cm³/mol. The maximum absolute atomic E-state index is 12.4. The van der Waals surface area contributed by atoms with E-state index in [1.165, 1.54) is 4.31 Å². The number of benzene rings is 2. The minimum Gasteiger partial charge on any atom is -0.207 e. The summed E-state index contributed by atoms with van der Waals surface area (Å²) in [5.41, 5.74) is 0. The lowest BCUT2D eigenvalue weighted by molar-refractivity contribution is 0.490. The van der Waals surface area contributed by atoms with E-state index in [2.05, 4.69) is 15.9 Å². The SMILES string of the molecule is CN(CCBr)S(=O)(=O)c1cccc2ccccc12. The van der Waals surface area contributed by atoms with Crippen molar-refractivity contribution in [1.82, 2.24) is 4.31 Å². The number of alkyl halides is 1. The van der Waals surface area contributed by atoms with E-state index in [0.29, 0.717) is 16.8 Å². The second-order valence-corrected chi connectivity index (χ2v) is 6.80. The van der Waals surface area contributed by atoms with E-state index >= 15 is 0 Å². The van der Waals surface area contributed by atoms with Crippen molar-refractivity contribution >= 4 is 36.7 Å². The number of hydrogen-bond donors (Lipinski definition) is 0. The summed E-state index contributed by atoms with van der Waals surface area (Å²) in [7, 11) is -1.83. The number of hydrogen-bond acceptors (Lipinski definition) is 2. The minimum atomic E-state index is -3.42. The first-order valence-corrected chi connectivity index (χ1v) is 8.13. The predicted octanol–water partition coefficient (Wildman–Crippen LogP) is 2.86.